The van der Waals surface area contributed by atoms with Crippen LogP contribution in [-0.4, -0.2) is 24.6 Å². The van der Waals surface area contributed by atoms with Crippen LogP contribution in [0.5, 0.6) is 0 Å². The Bertz CT molecular complexity index is 482. The zero-order valence-electron chi connectivity index (χ0n) is 13.6. The Hall–Kier alpha value is -2.00. The molecule has 1 aromatic rings. The summed E-state index contributed by atoms with van der Waals surface area (Å²) in [6.07, 6.45) is 3.33. The first-order chi connectivity index (χ1) is 10.9. The number of hydrogen-bond donors (Lipinski definition) is 5. The molecule has 9 N–H and O–H groups in total. The van der Waals surface area contributed by atoms with E-state index in [0.29, 0.717) is 30.0 Å². The highest BCUT2D eigenvalue weighted by Gasteiger charge is 2.10. The van der Waals surface area contributed by atoms with Gasteiger partial charge in [-0.05, 0) is 30.2 Å². The maximum absolute atomic E-state index is 13.4. The van der Waals surface area contributed by atoms with Crippen LogP contribution in [0.25, 0.3) is 0 Å². The second kappa shape index (κ2) is 14.9. The minimum Gasteiger partial charge on any atom is -0.403 e. The van der Waals surface area contributed by atoms with Gasteiger partial charge in [-0.25, -0.2) is 4.39 Å². The van der Waals surface area contributed by atoms with Crippen LogP contribution < -0.4 is 28.5 Å². The van der Waals surface area contributed by atoms with E-state index in [4.69, 9.17) is 23.0 Å². The highest BCUT2D eigenvalue weighted by molar-refractivity contribution is 8.14. The number of amidine groups is 1. The number of thioether (sulfide) groups is 1. The summed E-state index contributed by atoms with van der Waals surface area (Å²) in [5.74, 6) is 4.49. The lowest BCUT2D eigenvalue weighted by Gasteiger charge is -2.11. The average molecular weight is 348 g/mol. The van der Waals surface area contributed by atoms with Crippen LogP contribution in [0.15, 0.2) is 35.6 Å². The normalized spacial score (nSPS) is 11.8. The Morgan fingerprint density at radius 3 is 2.48 bits per heavy atom. The summed E-state index contributed by atoms with van der Waals surface area (Å²) in [5, 5.41) is 0.678. The fourth-order valence-corrected chi connectivity index (χ4v) is 2.20. The van der Waals surface area contributed by atoms with Crippen LogP contribution in [0.4, 0.5) is 14.5 Å². The lowest BCUT2D eigenvalue weighted by atomic mass is 10.1. The summed E-state index contributed by atoms with van der Waals surface area (Å²) < 4.78 is 22.9. The SMILES string of the molecule is CF.CN=C(N)SC(C)Cc1cc(N)ccc1F.N/C=C\NN. The molecule has 1 rings (SSSR count). The second-order valence-corrected chi connectivity index (χ2v) is 5.53. The molecule has 0 radical (unpaired) electrons. The molecule has 6 nitrogen and oxygen atoms in total. The standard InChI is InChI=1S/C11H16FN3S.C2H7N3.CH3F/c1-7(16-11(14)15-2)5-8-6-9(13)3-4-10(8)12;3-1-2-5-4;1-2/h3-4,6-7H,5,13H2,1-2H3,(H2,14,15);1-2,5H,3-4H2;1H3/b;2-1-;. The number of benzene rings is 1. The number of nitrogens with one attached hydrogen (secondary N) is 1. The summed E-state index contributed by atoms with van der Waals surface area (Å²) in [6, 6.07) is 4.60. The van der Waals surface area contributed by atoms with Gasteiger partial charge in [0.15, 0.2) is 5.17 Å². The molecule has 1 atom stereocenters. The molecule has 0 aliphatic rings. The van der Waals surface area contributed by atoms with Gasteiger partial charge in [0.1, 0.15) is 5.82 Å². The van der Waals surface area contributed by atoms with Crippen molar-refractivity contribution < 1.29 is 8.78 Å². The molecule has 0 fully saturated rings. The quantitative estimate of drug-likeness (QED) is 0.184. The Kier molecular flexibility index (Phi) is 15.1. The number of nitrogen functional groups attached to an aromatic ring is 1. The molecular formula is C14H26F2N6S. The highest BCUT2D eigenvalue weighted by atomic mass is 32.2. The number of aliphatic imine (C=N–C) groups is 1. The van der Waals surface area contributed by atoms with Gasteiger partial charge >= 0.3 is 0 Å². The van der Waals surface area contributed by atoms with Crippen LogP contribution in [0.2, 0.25) is 0 Å². The van der Waals surface area contributed by atoms with Gasteiger partial charge in [-0.15, -0.1) is 0 Å². The van der Waals surface area contributed by atoms with Crippen LogP contribution in [0, 0.1) is 5.82 Å². The molecule has 1 unspecified atom stereocenters. The monoisotopic (exact) mass is 348 g/mol. The van der Waals surface area contributed by atoms with Crippen molar-refractivity contribution in [1.29, 1.82) is 0 Å². The molecule has 0 aliphatic carbocycles. The van der Waals surface area contributed by atoms with Crippen molar-refractivity contribution in [1.82, 2.24) is 5.43 Å². The van der Waals surface area contributed by atoms with Crippen molar-refractivity contribution in [3.05, 3.63) is 42.0 Å². The van der Waals surface area contributed by atoms with E-state index in [-0.39, 0.29) is 11.1 Å². The van der Waals surface area contributed by atoms with E-state index in [1.807, 2.05) is 6.92 Å². The largest absolute Gasteiger partial charge is 0.403 e. The molecule has 0 saturated heterocycles. The number of halogens is 2. The number of hydrogen-bond acceptors (Lipinski definition) is 6. The van der Waals surface area contributed by atoms with E-state index in [0.717, 1.165) is 0 Å². The van der Waals surface area contributed by atoms with Gasteiger partial charge in [-0.1, -0.05) is 18.7 Å². The molecule has 132 valence electrons. The summed E-state index contributed by atoms with van der Waals surface area (Å²) in [6.45, 7) is 1.98. The van der Waals surface area contributed by atoms with Crippen LogP contribution in [-0.2, 0) is 6.42 Å². The molecule has 0 aliphatic heterocycles. The molecule has 0 spiro atoms. The lowest BCUT2D eigenvalue weighted by Crippen LogP contribution is -2.13. The van der Waals surface area contributed by atoms with Gasteiger partial charge in [0, 0.05) is 30.4 Å². The maximum atomic E-state index is 13.4. The van der Waals surface area contributed by atoms with E-state index in [1.54, 1.807) is 19.2 Å². The summed E-state index contributed by atoms with van der Waals surface area (Å²) in [7, 11) is 2.14. The molecule has 23 heavy (non-hydrogen) atoms. The second-order valence-electron chi connectivity index (χ2n) is 4.07. The maximum Gasteiger partial charge on any atom is 0.153 e. The van der Waals surface area contributed by atoms with E-state index >= 15 is 0 Å². The lowest BCUT2D eigenvalue weighted by molar-refractivity contribution is 0.609. The topological polar surface area (TPSA) is 128 Å². The Morgan fingerprint density at radius 2 is 2.04 bits per heavy atom. The van der Waals surface area contributed by atoms with Crippen molar-refractivity contribution >= 4 is 22.6 Å². The first kappa shape index (κ1) is 23.3. The van der Waals surface area contributed by atoms with E-state index in [1.165, 1.54) is 30.2 Å². The smallest absolute Gasteiger partial charge is 0.153 e. The molecule has 0 amide bonds. The van der Waals surface area contributed by atoms with Gasteiger partial charge in [-0.3, -0.25) is 15.2 Å². The van der Waals surface area contributed by atoms with Crippen molar-refractivity contribution in [2.75, 3.05) is 20.0 Å². The van der Waals surface area contributed by atoms with Gasteiger partial charge in [-0.2, -0.15) is 0 Å². The van der Waals surface area contributed by atoms with Gasteiger partial charge < -0.3 is 22.6 Å². The minimum atomic E-state index is -0.228. The van der Waals surface area contributed by atoms with E-state index in [9.17, 15) is 8.78 Å². The number of hydrazine groups is 1. The Labute approximate surface area is 140 Å². The fourth-order valence-electron chi connectivity index (χ4n) is 1.42. The molecule has 0 saturated carbocycles. The van der Waals surface area contributed by atoms with Crippen LogP contribution >= 0.6 is 11.8 Å². The van der Waals surface area contributed by atoms with Crippen molar-refractivity contribution in [3.63, 3.8) is 0 Å². The average Bonchev–Trinajstić information content (AvgIpc) is 2.54. The Morgan fingerprint density at radius 1 is 1.43 bits per heavy atom. The van der Waals surface area contributed by atoms with E-state index < -0.39 is 0 Å². The molecule has 0 heterocycles. The van der Waals surface area contributed by atoms with Gasteiger partial charge in [0.2, 0.25) is 0 Å². The first-order valence-electron chi connectivity index (χ1n) is 6.58. The Balaban J connectivity index is 0. The predicted molar refractivity (Wildman–Crippen MR) is 96.8 cm³/mol. The van der Waals surface area contributed by atoms with Crippen molar-refractivity contribution in [2.24, 2.45) is 22.3 Å². The third-order valence-corrected chi connectivity index (χ3v) is 3.31. The van der Waals surface area contributed by atoms with E-state index in [2.05, 4.69) is 10.4 Å². The molecule has 1 aromatic carbocycles. The third kappa shape index (κ3) is 12.2. The predicted octanol–water partition coefficient (Wildman–Crippen LogP) is 1.48. The summed E-state index contributed by atoms with van der Waals surface area (Å²) in [4.78, 5) is 3.85. The molecular weight excluding hydrogens is 322 g/mol. The minimum absolute atomic E-state index is 0.167. The number of nitrogens with zero attached hydrogens (tertiary/aromatic N) is 1. The highest BCUT2D eigenvalue weighted by Crippen LogP contribution is 2.19. The zero-order valence-corrected chi connectivity index (χ0v) is 14.4. The van der Waals surface area contributed by atoms with Crippen LogP contribution in [0.3, 0.4) is 0 Å². The molecule has 0 aromatic heterocycles. The first-order valence-corrected chi connectivity index (χ1v) is 7.46. The molecule has 9 heteroatoms. The van der Waals surface area contributed by atoms with Crippen LogP contribution in [0.1, 0.15) is 12.5 Å². The number of alkyl halides is 1. The number of rotatable bonds is 4. The number of nitrogens with two attached hydrogens (primary N) is 4. The molecule has 0 bridgehead atoms. The number of anilines is 1. The fraction of sp³-hybridized carbons (Fsp3) is 0.357. The van der Waals surface area contributed by atoms with Gasteiger partial charge in [0.05, 0.1) is 7.18 Å². The summed E-state index contributed by atoms with van der Waals surface area (Å²) >= 11 is 1.43. The zero-order chi connectivity index (χ0) is 18.3. The van der Waals surface area contributed by atoms with Crippen molar-refractivity contribution in [2.45, 2.75) is 18.6 Å². The van der Waals surface area contributed by atoms with Crippen molar-refractivity contribution in [3.8, 4) is 0 Å². The summed E-state index contributed by atoms with van der Waals surface area (Å²) in [5.41, 5.74) is 19.4. The third-order valence-electron chi connectivity index (χ3n) is 2.31. The van der Waals surface area contributed by atoms with Gasteiger partial charge in [0.25, 0.3) is 0 Å².